The van der Waals surface area contributed by atoms with Crippen LogP contribution in [0.4, 0.5) is 0 Å². The summed E-state index contributed by atoms with van der Waals surface area (Å²) in [5.41, 5.74) is 1.29. The van der Waals surface area contributed by atoms with Gasteiger partial charge in [0.15, 0.2) is 0 Å². The van der Waals surface area contributed by atoms with Gasteiger partial charge in [0.1, 0.15) is 0 Å². The minimum atomic E-state index is 0.0171. The molecule has 0 bridgehead atoms. The van der Waals surface area contributed by atoms with E-state index in [4.69, 9.17) is 4.74 Å². The Bertz CT molecular complexity index is 332. The van der Waals surface area contributed by atoms with Gasteiger partial charge in [0.05, 0.1) is 5.60 Å². The first kappa shape index (κ1) is 9.69. The molecular weight excluding hydrogens is 296 g/mol. The topological polar surface area (TPSA) is 9.23 Å². The molecule has 0 N–H and O–H groups in total. The molecule has 1 fully saturated rings. The van der Waals surface area contributed by atoms with Crippen LogP contribution in [-0.2, 0) is 10.3 Å². The van der Waals surface area contributed by atoms with Crippen molar-refractivity contribution in [3.63, 3.8) is 0 Å². The molecule has 0 saturated heterocycles. The molecule has 1 aromatic rings. The minimum Gasteiger partial charge on any atom is -0.374 e. The van der Waals surface area contributed by atoms with Gasteiger partial charge in [0.2, 0.25) is 0 Å². The molecule has 3 heteroatoms. The van der Waals surface area contributed by atoms with Crippen LogP contribution in [-0.4, -0.2) is 7.11 Å². The first-order chi connectivity index (χ1) is 6.18. The zero-order valence-electron chi connectivity index (χ0n) is 7.31. The fourth-order valence-corrected chi connectivity index (χ4v) is 2.13. The Kier molecular flexibility index (Phi) is 2.51. The van der Waals surface area contributed by atoms with Crippen LogP contribution in [0.2, 0.25) is 0 Å². The summed E-state index contributed by atoms with van der Waals surface area (Å²) in [6.07, 6.45) is 2.27. The predicted molar refractivity (Wildman–Crippen MR) is 59.8 cm³/mol. The van der Waals surface area contributed by atoms with Crippen LogP contribution in [0, 0.1) is 0 Å². The molecule has 0 heterocycles. The lowest BCUT2D eigenvalue weighted by Crippen LogP contribution is -2.08. The molecular formula is C10H10Br2O. The van der Waals surface area contributed by atoms with E-state index in [0.29, 0.717) is 0 Å². The highest BCUT2D eigenvalue weighted by molar-refractivity contribution is 9.13. The van der Waals surface area contributed by atoms with Crippen molar-refractivity contribution in [3.05, 3.63) is 32.7 Å². The monoisotopic (exact) mass is 304 g/mol. The van der Waals surface area contributed by atoms with E-state index in [1.807, 2.05) is 0 Å². The molecule has 0 amide bonds. The van der Waals surface area contributed by atoms with Crippen LogP contribution >= 0.6 is 31.9 Å². The number of rotatable bonds is 2. The van der Waals surface area contributed by atoms with Crippen molar-refractivity contribution in [2.75, 3.05) is 7.11 Å². The average molecular weight is 306 g/mol. The second-order valence-electron chi connectivity index (χ2n) is 3.33. The van der Waals surface area contributed by atoms with Crippen LogP contribution in [0.25, 0.3) is 0 Å². The summed E-state index contributed by atoms with van der Waals surface area (Å²) in [6.45, 7) is 0. The van der Waals surface area contributed by atoms with Crippen molar-refractivity contribution in [2.24, 2.45) is 0 Å². The van der Waals surface area contributed by atoms with E-state index in [-0.39, 0.29) is 5.60 Å². The van der Waals surface area contributed by atoms with Gasteiger partial charge in [-0.25, -0.2) is 0 Å². The summed E-state index contributed by atoms with van der Waals surface area (Å²) in [5, 5.41) is 0. The summed E-state index contributed by atoms with van der Waals surface area (Å²) in [4.78, 5) is 0. The molecule has 1 aliphatic rings. The highest BCUT2D eigenvalue weighted by atomic mass is 79.9. The number of hydrogen-bond donors (Lipinski definition) is 0. The molecule has 0 atom stereocenters. The molecule has 0 aromatic heterocycles. The summed E-state index contributed by atoms with van der Waals surface area (Å²) in [6, 6.07) is 6.30. The van der Waals surface area contributed by atoms with Crippen molar-refractivity contribution in [1.82, 2.24) is 0 Å². The largest absolute Gasteiger partial charge is 0.374 e. The number of halogens is 2. The highest BCUT2D eigenvalue weighted by Crippen LogP contribution is 2.49. The maximum atomic E-state index is 5.49. The van der Waals surface area contributed by atoms with E-state index < -0.39 is 0 Å². The van der Waals surface area contributed by atoms with Gasteiger partial charge in [0, 0.05) is 16.1 Å². The van der Waals surface area contributed by atoms with Gasteiger partial charge in [-0.05, 0) is 62.4 Å². The molecule has 0 unspecified atom stereocenters. The number of benzene rings is 1. The Morgan fingerprint density at radius 3 is 2.38 bits per heavy atom. The van der Waals surface area contributed by atoms with Gasteiger partial charge >= 0.3 is 0 Å². The zero-order chi connectivity index (χ0) is 9.47. The maximum absolute atomic E-state index is 5.49. The van der Waals surface area contributed by atoms with Crippen LogP contribution in [0.15, 0.2) is 27.1 Å². The maximum Gasteiger partial charge on any atom is 0.0930 e. The van der Waals surface area contributed by atoms with Gasteiger partial charge in [-0.15, -0.1) is 0 Å². The highest BCUT2D eigenvalue weighted by Gasteiger charge is 2.44. The van der Waals surface area contributed by atoms with Gasteiger partial charge < -0.3 is 4.74 Å². The molecule has 0 radical (unpaired) electrons. The third kappa shape index (κ3) is 1.69. The molecule has 0 spiro atoms. The van der Waals surface area contributed by atoms with E-state index in [1.165, 1.54) is 5.56 Å². The van der Waals surface area contributed by atoms with Crippen LogP contribution in [0.1, 0.15) is 18.4 Å². The van der Waals surface area contributed by atoms with Crippen molar-refractivity contribution in [1.29, 1.82) is 0 Å². The first-order valence-corrected chi connectivity index (χ1v) is 5.77. The van der Waals surface area contributed by atoms with Gasteiger partial charge in [0.25, 0.3) is 0 Å². The second-order valence-corrected chi connectivity index (χ2v) is 5.04. The van der Waals surface area contributed by atoms with E-state index in [0.717, 1.165) is 21.8 Å². The van der Waals surface area contributed by atoms with Crippen molar-refractivity contribution in [2.45, 2.75) is 18.4 Å². The quantitative estimate of drug-likeness (QED) is 0.806. The Balaban J connectivity index is 2.37. The lowest BCUT2D eigenvalue weighted by molar-refractivity contribution is 0.0788. The zero-order valence-corrected chi connectivity index (χ0v) is 10.5. The Hall–Kier alpha value is 0.140. The lowest BCUT2D eigenvalue weighted by atomic mass is 10.1. The Morgan fingerprint density at radius 2 is 1.92 bits per heavy atom. The molecule has 1 aliphatic carbocycles. The Labute approximate surface area is 94.7 Å². The minimum absolute atomic E-state index is 0.0171. The fourth-order valence-electron chi connectivity index (χ4n) is 1.50. The van der Waals surface area contributed by atoms with Crippen molar-refractivity contribution >= 4 is 31.9 Å². The molecule has 0 aliphatic heterocycles. The fraction of sp³-hybridized carbons (Fsp3) is 0.400. The van der Waals surface area contributed by atoms with E-state index in [1.54, 1.807) is 7.11 Å². The standard InChI is InChI=1S/C10H10Br2O/c1-13-10(4-5-10)7-2-3-8(11)9(12)6-7/h2-3,6H,4-5H2,1H3. The van der Waals surface area contributed by atoms with Crippen molar-refractivity contribution in [3.8, 4) is 0 Å². The molecule has 2 rings (SSSR count). The summed E-state index contributed by atoms with van der Waals surface area (Å²) < 4.78 is 7.67. The molecule has 70 valence electrons. The summed E-state index contributed by atoms with van der Waals surface area (Å²) in [5.74, 6) is 0. The second kappa shape index (κ2) is 3.37. The average Bonchev–Trinajstić information content (AvgIpc) is 2.90. The van der Waals surface area contributed by atoms with E-state index in [2.05, 4.69) is 50.1 Å². The normalized spacial score (nSPS) is 18.7. The Morgan fingerprint density at radius 1 is 1.23 bits per heavy atom. The smallest absolute Gasteiger partial charge is 0.0930 e. The van der Waals surface area contributed by atoms with Gasteiger partial charge in [-0.3, -0.25) is 0 Å². The number of ether oxygens (including phenoxy) is 1. The van der Waals surface area contributed by atoms with Crippen LogP contribution in [0.5, 0.6) is 0 Å². The number of hydrogen-bond acceptors (Lipinski definition) is 1. The molecule has 1 aromatic carbocycles. The third-order valence-electron chi connectivity index (χ3n) is 2.54. The number of methoxy groups -OCH3 is 1. The summed E-state index contributed by atoms with van der Waals surface area (Å²) in [7, 11) is 1.78. The molecule has 1 nitrogen and oxygen atoms in total. The van der Waals surface area contributed by atoms with E-state index in [9.17, 15) is 0 Å². The first-order valence-electron chi connectivity index (χ1n) is 4.19. The van der Waals surface area contributed by atoms with Crippen molar-refractivity contribution < 1.29 is 4.74 Å². The van der Waals surface area contributed by atoms with Crippen LogP contribution < -0.4 is 0 Å². The van der Waals surface area contributed by atoms with Crippen LogP contribution in [0.3, 0.4) is 0 Å². The van der Waals surface area contributed by atoms with E-state index >= 15 is 0 Å². The molecule has 1 saturated carbocycles. The molecule has 13 heavy (non-hydrogen) atoms. The summed E-state index contributed by atoms with van der Waals surface area (Å²) >= 11 is 6.94. The predicted octanol–water partition coefficient (Wildman–Crippen LogP) is 3.85. The SMILES string of the molecule is COC1(c2ccc(Br)c(Br)c2)CC1. The van der Waals surface area contributed by atoms with Gasteiger partial charge in [-0.2, -0.15) is 0 Å². The lowest BCUT2D eigenvalue weighted by Gasteiger charge is -2.14. The van der Waals surface area contributed by atoms with Gasteiger partial charge in [-0.1, -0.05) is 6.07 Å². The third-order valence-corrected chi connectivity index (χ3v) is 4.42.